The quantitative estimate of drug-likeness (QED) is 0.882. The number of hydrogen-bond acceptors (Lipinski definition) is 4. The van der Waals surface area contributed by atoms with Crippen molar-refractivity contribution in [3.63, 3.8) is 0 Å². The van der Waals surface area contributed by atoms with Crippen molar-refractivity contribution >= 4 is 44.9 Å². The third kappa shape index (κ3) is 3.08. The zero-order chi connectivity index (χ0) is 14.7. The summed E-state index contributed by atoms with van der Waals surface area (Å²) >= 11 is 7.22. The van der Waals surface area contributed by atoms with Crippen LogP contribution in [-0.4, -0.2) is 25.5 Å². The molecule has 0 unspecified atom stereocenters. The standard InChI is InChI=1S/C13H11ClFNO3S/c1-19-10(17)4-5-16-13(18)12-11(14)8-3-2-7(15)6-9(8)20-12/h2-3,6H,4-5H2,1H3,(H,16,18). The Morgan fingerprint density at radius 2 is 2.20 bits per heavy atom. The number of benzene rings is 1. The van der Waals surface area contributed by atoms with Gasteiger partial charge in [0, 0.05) is 16.6 Å². The molecule has 0 spiro atoms. The highest BCUT2D eigenvalue weighted by atomic mass is 35.5. The van der Waals surface area contributed by atoms with Crippen LogP contribution in [0.2, 0.25) is 5.02 Å². The third-order valence-corrected chi connectivity index (χ3v) is 4.30. The van der Waals surface area contributed by atoms with Crippen molar-refractivity contribution in [3.05, 3.63) is 33.9 Å². The van der Waals surface area contributed by atoms with Crippen molar-refractivity contribution in [1.82, 2.24) is 5.32 Å². The van der Waals surface area contributed by atoms with Crippen LogP contribution in [0.25, 0.3) is 10.1 Å². The monoisotopic (exact) mass is 315 g/mol. The summed E-state index contributed by atoms with van der Waals surface area (Å²) in [5.74, 6) is -1.18. The van der Waals surface area contributed by atoms with Crippen molar-refractivity contribution in [3.8, 4) is 0 Å². The SMILES string of the molecule is COC(=O)CCNC(=O)c1sc2cc(F)ccc2c1Cl. The molecular weight excluding hydrogens is 305 g/mol. The molecule has 0 aliphatic rings. The summed E-state index contributed by atoms with van der Waals surface area (Å²) in [6, 6.07) is 4.16. The van der Waals surface area contributed by atoms with Crippen LogP contribution < -0.4 is 5.32 Å². The lowest BCUT2D eigenvalue weighted by atomic mass is 10.2. The first-order valence-corrected chi connectivity index (χ1v) is 6.95. The molecule has 1 aromatic carbocycles. The van der Waals surface area contributed by atoms with Crippen LogP contribution in [0.3, 0.4) is 0 Å². The molecule has 106 valence electrons. The van der Waals surface area contributed by atoms with Crippen LogP contribution >= 0.6 is 22.9 Å². The van der Waals surface area contributed by atoms with E-state index in [2.05, 4.69) is 10.1 Å². The second-order valence-electron chi connectivity index (χ2n) is 3.97. The van der Waals surface area contributed by atoms with Crippen LogP contribution in [-0.2, 0) is 9.53 Å². The summed E-state index contributed by atoms with van der Waals surface area (Å²) in [5.41, 5.74) is 0. The fourth-order valence-corrected chi connectivity index (χ4v) is 3.10. The predicted molar refractivity (Wildman–Crippen MR) is 75.8 cm³/mol. The van der Waals surface area contributed by atoms with E-state index < -0.39 is 5.97 Å². The van der Waals surface area contributed by atoms with Crippen molar-refractivity contribution in [2.45, 2.75) is 6.42 Å². The molecule has 0 bridgehead atoms. The highest BCUT2D eigenvalue weighted by Gasteiger charge is 2.17. The Kier molecular flexibility index (Phi) is 4.57. The number of hydrogen-bond donors (Lipinski definition) is 1. The minimum absolute atomic E-state index is 0.0827. The maximum atomic E-state index is 13.1. The van der Waals surface area contributed by atoms with Gasteiger partial charge in [-0.25, -0.2) is 4.39 Å². The van der Waals surface area contributed by atoms with Gasteiger partial charge in [0.15, 0.2) is 0 Å². The number of fused-ring (bicyclic) bond motifs is 1. The Bertz CT molecular complexity index is 671. The number of amides is 1. The van der Waals surface area contributed by atoms with Gasteiger partial charge in [0.2, 0.25) is 0 Å². The number of nitrogens with one attached hydrogen (secondary N) is 1. The molecule has 1 aromatic heterocycles. The molecule has 0 radical (unpaired) electrons. The highest BCUT2D eigenvalue weighted by molar-refractivity contribution is 7.21. The Hall–Kier alpha value is -1.66. The van der Waals surface area contributed by atoms with Gasteiger partial charge in [-0.1, -0.05) is 11.6 Å². The fraction of sp³-hybridized carbons (Fsp3) is 0.231. The molecule has 20 heavy (non-hydrogen) atoms. The van der Waals surface area contributed by atoms with E-state index in [4.69, 9.17) is 11.6 Å². The molecule has 0 fully saturated rings. The van der Waals surface area contributed by atoms with Crippen molar-refractivity contribution < 1.29 is 18.7 Å². The molecule has 0 atom stereocenters. The van der Waals surface area contributed by atoms with Gasteiger partial charge < -0.3 is 10.1 Å². The van der Waals surface area contributed by atoms with Gasteiger partial charge in [0.05, 0.1) is 18.6 Å². The van der Waals surface area contributed by atoms with Gasteiger partial charge in [-0.15, -0.1) is 11.3 Å². The zero-order valence-corrected chi connectivity index (χ0v) is 12.1. The van der Waals surface area contributed by atoms with Crippen molar-refractivity contribution in [1.29, 1.82) is 0 Å². The number of rotatable bonds is 4. The van der Waals surface area contributed by atoms with Crippen LogP contribution in [0.15, 0.2) is 18.2 Å². The normalized spacial score (nSPS) is 10.6. The Balaban J connectivity index is 2.14. The van der Waals surface area contributed by atoms with Gasteiger partial charge in [-0.2, -0.15) is 0 Å². The first-order chi connectivity index (χ1) is 9.52. The molecule has 0 saturated heterocycles. The number of methoxy groups -OCH3 is 1. The molecule has 4 nitrogen and oxygen atoms in total. The number of carbonyl (C=O) groups excluding carboxylic acids is 2. The Labute approximate surface area is 123 Å². The number of halogens is 2. The minimum atomic E-state index is -0.408. The molecule has 7 heteroatoms. The van der Waals surface area contributed by atoms with Gasteiger partial charge in [-0.3, -0.25) is 9.59 Å². The smallest absolute Gasteiger partial charge is 0.307 e. The lowest BCUT2D eigenvalue weighted by Crippen LogP contribution is -2.25. The molecule has 2 aromatic rings. The maximum absolute atomic E-state index is 13.1. The Morgan fingerprint density at radius 1 is 1.45 bits per heavy atom. The third-order valence-electron chi connectivity index (χ3n) is 2.64. The second kappa shape index (κ2) is 6.19. The number of carbonyl (C=O) groups is 2. The first kappa shape index (κ1) is 14.7. The van der Waals surface area contributed by atoms with Crippen molar-refractivity contribution in [2.24, 2.45) is 0 Å². The summed E-state index contributed by atoms with van der Waals surface area (Å²) < 4.78 is 18.2. The molecule has 1 N–H and O–H groups in total. The minimum Gasteiger partial charge on any atom is -0.469 e. The van der Waals surface area contributed by atoms with E-state index >= 15 is 0 Å². The number of thiophene rings is 1. The number of esters is 1. The predicted octanol–water partition coefficient (Wildman–Crippen LogP) is 2.99. The van der Waals surface area contributed by atoms with E-state index in [-0.39, 0.29) is 24.7 Å². The molecule has 1 amide bonds. The fourth-order valence-electron chi connectivity index (χ4n) is 1.65. The van der Waals surface area contributed by atoms with Gasteiger partial charge in [0.1, 0.15) is 10.7 Å². The highest BCUT2D eigenvalue weighted by Crippen LogP contribution is 2.35. The summed E-state index contributed by atoms with van der Waals surface area (Å²) in [5, 5.41) is 3.50. The van der Waals surface area contributed by atoms with E-state index in [0.717, 1.165) is 11.3 Å². The van der Waals surface area contributed by atoms with E-state index in [9.17, 15) is 14.0 Å². The summed E-state index contributed by atoms with van der Waals surface area (Å²) in [7, 11) is 1.28. The molecular formula is C13H11ClFNO3S. The topological polar surface area (TPSA) is 55.4 Å². The summed E-state index contributed by atoms with van der Waals surface area (Å²) in [4.78, 5) is 23.2. The average molecular weight is 316 g/mol. The summed E-state index contributed by atoms with van der Waals surface area (Å²) in [6.45, 7) is 0.157. The molecule has 1 heterocycles. The van der Waals surface area contributed by atoms with Gasteiger partial charge in [0.25, 0.3) is 5.91 Å². The summed E-state index contributed by atoms with van der Waals surface area (Å²) in [6.07, 6.45) is 0.0827. The van der Waals surface area contributed by atoms with Crippen molar-refractivity contribution in [2.75, 3.05) is 13.7 Å². The van der Waals surface area contributed by atoms with Crippen LogP contribution in [0.1, 0.15) is 16.1 Å². The van der Waals surface area contributed by atoms with Gasteiger partial charge >= 0.3 is 5.97 Å². The van der Waals surface area contributed by atoms with E-state index in [0.29, 0.717) is 20.0 Å². The zero-order valence-electron chi connectivity index (χ0n) is 10.5. The lowest BCUT2D eigenvalue weighted by Gasteiger charge is -2.02. The molecule has 0 aliphatic heterocycles. The largest absolute Gasteiger partial charge is 0.469 e. The van der Waals surface area contributed by atoms with Gasteiger partial charge in [-0.05, 0) is 18.2 Å². The average Bonchev–Trinajstić information content (AvgIpc) is 2.75. The maximum Gasteiger partial charge on any atom is 0.307 e. The van der Waals surface area contributed by atoms with Crippen LogP contribution in [0, 0.1) is 5.82 Å². The molecule has 2 rings (SSSR count). The van der Waals surface area contributed by atoms with E-state index in [1.165, 1.54) is 25.3 Å². The van der Waals surface area contributed by atoms with Crippen LogP contribution in [0.5, 0.6) is 0 Å². The molecule has 0 aliphatic carbocycles. The first-order valence-electron chi connectivity index (χ1n) is 5.75. The van der Waals surface area contributed by atoms with E-state index in [1.807, 2.05) is 0 Å². The molecule has 0 saturated carbocycles. The lowest BCUT2D eigenvalue weighted by molar-refractivity contribution is -0.140. The second-order valence-corrected chi connectivity index (χ2v) is 5.40. The Morgan fingerprint density at radius 3 is 2.90 bits per heavy atom. The van der Waals surface area contributed by atoms with Crippen LogP contribution in [0.4, 0.5) is 4.39 Å². The van der Waals surface area contributed by atoms with E-state index in [1.54, 1.807) is 0 Å². The number of ether oxygens (including phenoxy) is 1.